The minimum atomic E-state index is -3.92. The molecule has 11 nitrogen and oxygen atoms in total. The molecule has 12 heteroatoms. The average Bonchev–Trinajstić information content (AvgIpc) is 3.48. The Morgan fingerprint density at radius 1 is 1.06 bits per heavy atom. The zero-order valence-electron chi connectivity index (χ0n) is 20.4. The number of sulfonamides is 1. The standard InChI is InChI=1S/C24H29N5O6S/c1-15-10-13-20(35-15)23-25-26-24(29(23)22-18(33-2)7-5-8-19(22)34-3)27-36(31,32)17-12-11-16-6-4-9-21(30)28(16)14-17/h5,7-8,10,13,16-17H,4,6,9,11-12,14H2,1-3H3,(H,26,27). The van der Waals surface area contributed by atoms with Gasteiger partial charge in [-0.3, -0.25) is 14.1 Å². The number of nitrogens with one attached hydrogen (secondary N) is 1. The Bertz CT molecular complexity index is 1360. The van der Waals surface area contributed by atoms with Gasteiger partial charge in [0.25, 0.3) is 0 Å². The van der Waals surface area contributed by atoms with Gasteiger partial charge in [-0.15, -0.1) is 10.2 Å². The second-order valence-corrected chi connectivity index (χ2v) is 11.0. The zero-order chi connectivity index (χ0) is 25.4. The number of hydrogen-bond donors (Lipinski definition) is 1. The van der Waals surface area contributed by atoms with Gasteiger partial charge < -0.3 is 18.8 Å². The number of aromatic nitrogens is 3. The van der Waals surface area contributed by atoms with E-state index in [1.165, 1.54) is 18.8 Å². The number of nitrogens with zero attached hydrogens (tertiary/aromatic N) is 4. The van der Waals surface area contributed by atoms with E-state index in [1.807, 2.05) is 0 Å². The van der Waals surface area contributed by atoms with Gasteiger partial charge in [-0.2, -0.15) is 0 Å². The number of carbonyl (C=O) groups excluding carboxylic acids is 1. The van der Waals surface area contributed by atoms with Crippen LogP contribution in [0.5, 0.6) is 11.5 Å². The molecule has 0 spiro atoms. The summed E-state index contributed by atoms with van der Waals surface area (Å²) < 4.78 is 48.2. The normalized spacial score (nSPS) is 20.2. The highest BCUT2D eigenvalue weighted by Gasteiger charge is 2.40. The smallest absolute Gasteiger partial charge is 0.243 e. The molecule has 1 N–H and O–H groups in total. The lowest BCUT2D eigenvalue weighted by Gasteiger charge is -2.42. The van der Waals surface area contributed by atoms with Gasteiger partial charge in [-0.25, -0.2) is 8.42 Å². The van der Waals surface area contributed by atoms with E-state index in [2.05, 4.69) is 14.9 Å². The molecule has 0 bridgehead atoms. The number of benzene rings is 1. The number of hydrogen-bond acceptors (Lipinski definition) is 8. The van der Waals surface area contributed by atoms with Gasteiger partial charge in [-0.1, -0.05) is 6.07 Å². The van der Waals surface area contributed by atoms with Crippen molar-refractivity contribution >= 4 is 21.9 Å². The van der Waals surface area contributed by atoms with E-state index in [1.54, 1.807) is 42.2 Å². The van der Waals surface area contributed by atoms with Crippen LogP contribution in [0.25, 0.3) is 17.3 Å². The molecule has 3 aromatic rings. The van der Waals surface area contributed by atoms with Crippen molar-refractivity contribution in [1.82, 2.24) is 19.7 Å². The fourth-order valence-electron chi connectivity index (χ4n) is 5.02. The predicted molar refractivity (Wildman–Crippen MR) is 132 cm³/mol. The first-order valence-electron chi connectivity index (χ1n) is 11.9. The maximum absolute atomic E-state index is 13.6. The molecule has 0 aliphatic carbocycles. The Labute approximate surface area is 209 Å². The molecular formula is C24H29N5O6S. The number of furan rings is 1. The van der Waals surface area contributed by atoms with Crippen LogP contribution in [-0.2, 0) is 14.8 Å². The maximum atomic E-state index is 13.6. The largest absolute Gasteiger partial charge is 0.494 e. The van der Waals surface area contributed by atoms with Gasteiger partial charge in [0.1, 0.15) is 22.9 Å². The lowest BCUT2D eigenvalue weighted by molar-refractivity contribution is -0.137. The summed E-state index contributed by atoms with van der Waals surface area (Å²) in [6, 6.07) is 8.87. The Kier molecular flexibility index (Phi) is 6.37. The first-order chi connectivity index (χ1) is 17.3. The molecule has 2 aliphatic rings. The van der Waals surface area contributed by atoms with E-state index in [-0.39, 0.29) is 30.3 Å². The molecular weight excluding hydrogens is 486 g/mol. The lowest BCUT2D eigenvalue weighted by atomic mass is 9.93. The van der Waals surface area contributed by atoms with Crippen molar-refractivity contribution in [3.63, 3.8) is 0 Å². The summed E-state index contributed by atoms with van der Waals surface area (Å²) in [4.78, 5) is 14.2. The number of piperidine rings is 2. The minimum Gasteiger partial charge on any atom is -0.494 e. The molecule has 0 radical (unpaired) electrons. The van der Waals surface area contributed by atoms with Gasteiger partial charge in [0.15, 0.2) is 5.76 Å². The molecule has 2 atom stereocenters. The third kappa shape index (κ3) is 4.29. The van der Waals surface area contributed by atoms with E-state index in [4.69, 9.17) is 13.9 Å². The monoisotopic (exact) mass is 515 g/mol. The topological polar surface area (TPSA) is 129 Å². The van der Waals surface area contributed by atoms with Gasteiger partial charge in [0.2, 0.25) is 27.7 Å². The van der Waals surface area contributed by atoms with Crippen LogP contribution in [0.1, 0.15) is 37.9 Å². The zero-order valence-corrected chi connectivity index (χ0v) is 21.2. The maximum Gasteiger partial charge on any atom is 0.243 e. The second-order valence-electron chi connectivity index (χ2n) is 9.04. The molecule has 2 unspecified atom stereocenters. The molecule has 2 aliphatic heterocycles. The van der Waals surface area contributed by atoms with Crippen molar-refractivity contribution < 1.29 is 27.1 Å². The van der Waals surface area contributed by atoms with Crippen molar-refractivity contribution in [2.75, 3.05) is 25.5 Å². The average molecular weight is 516 g/mol. The second kappa shape index (κ2) is 9.49. The quantitative estimate of drug-likeness (QED) is 0.508. The van der Waals surface area contributed by atoms with E-state index >= 15 is 0 Å². The van der Waals surface area contributed by atoms with E-state index in [0.29, 0.717) is 48.0 Å². The Balaban J connectivity index is 1.56. The van der Waals surface area contributed by atoms with Crippen molar-refractivity contribution in [2.24, 2.45) is 0 Å². The molecule has 2 aromatic heterocycles. The van der Waals surface area contributed by atoms with E-state index in [0.717, 1.165) is 12.8 Å². The number of ether oxygens (including phenoxy) is 2. The molecule has 5 rings (SSSR count). The van der Waals surface area contributed by atoms with Gasteiger partial charge in [-0.05, 0) is 56.9 Å². The number of methoxy groups -OCH3 is 2. The van der Waals surface area contributed by atoms with Crippen LogP contribution in [-0.4, -0.2) is 66.0 Å². The summed E-state index contributed by atoms with van der Waals surface area (Å²) in [6.07, 6.45) is 3.35. The summed E-state index contributed by atoms with van der Waals surface area (Å²) in [5.41, 5.74) is 0.421. The fraction of sp³-hybridized carbons (Fsp3) is 0.458. The highest BCUT2D eigenvalue weighted by Crippen LogP contribution is 2.38. The Morgan fingerprint density at radius 3 is 2.47 bits per heavy atom. The number of rotatable bonds is 7. The number of amides is 1. The highest BCUT2D eigenvalue weighted by atomic mass is 32.2. The first kappa shape index (κ1) is 24.2. The van der Waals surface area contributed by atoms with Gasteiger partial charge in [0, 0.05) is 19.0 Å². The van der Waals surface area contributed by atoms with Crippen LogP contribution < -0.4 is 14.2 Å². The lowest BCUT2D eigenvalue weighted by Crippen LogP contribution is -2.53. The van der Waals surface area contributed by atoms with Crippen LogP contribution in [0.2, 0.25) is 0 Å². The van der Waals surface area contributed by atoms with Crippen LogP contribution in [0, 0.1) is 6.92 Å². The van der Waals surface area contributed by atoms with Gasteiger partial charge in [0.05, 0.1) is 19.5 Å². The minimum absolute atomic E-state index is 0.0172. The molecule has 4 heterocycles. The molecule has 192 valence electrons. The Hall–Kier alpha value is -3.54. The molecule has 2 saturated heterocycles. The third-order valence-electron chi connectivity index (χ3n) is 6.83. The van der Waals surface area contributed by atoms with Crippen molar-refractivity contribution in [2.45, 2.75) is 50.3 Å². The van der Waals surface area contributed by atoms with Gasteiger partial charge >= 0.3 is 0 Å². The van der Waals surface area contributed by atoms with Crippen molar-refractivity contribution in [1.29, 1.82) is 0 Å². The van der Waals surface area contributed by atoms with Crippen LogP contribution in [0.4, 0.5) is 5.95 Å². The Morgan fingerprint density at radius 2 is 1.81 bits per heavy atom. The molecule has 36 heavy (non-hydrogen) atoms. The summed E-state index contributed by atoms with van der Waals surface area (Å²) in [5.74, 6) is 2.18. The molecule has 0 saturated carbocycles. The summed E-state index contributed by atoms with van der Waals surface area (Å²) in [6.45, 7) is 1.96. The predicted octanol–water partition coefficient (Wildman–Crippen LogP) is 3.14. The number of para-hydroxylation sites is 1. The summed E-state index contributed by atoms with van der Waals surface area (Å²) >= 11 is 0. The number of anilines is 1. The molecule has 1 amide bonds. The van der Waals surface area contributed by atoms with Crippen LogP contribution in [0.3, 0.4) is 0 Å². The fourth-order valence-corrected chi connectivity index (χ4v) is 6.38. The van der Waals surface area contributed by atoms with Crippen molar-refractivity contribution in [3.05, 3.63) is 36.1 Å². The number of carbonyl (C=O) groups is 1. The molecule has 1 aromatic carbocycles. The van der Waals surface area contributed by atoms with E-state index < -0.39 is 15.3 Å². The number of fused-ring (bicyclic) bond motifs is 1. The first-order valence-corrected chi connectivity index (χ1v) is 13.4. The van der Waals surface area contributed by atoms with Crippen LogP contribution in [0.15, 0.2) is 34.7 Å². The van der Waals surface area contributed by atoms with Crippen LogP contribution >= 0.6 is 0 Å². The van der Waals surface area contributed by atoms with Crippen molar-refractivity contribution in [3.8, 4) is 28.8 Å². The third-order valence-corrected chi connectivity index (χ3v) is 8.56. The highest BCUT2D eigenvalue weighted by molar-refractivity contribution is 7.93. The molecule has 2 fully saturated rings. The number of aryl methyl sites for hydroxylation is 1. The summed E-state index contributed by atoms with van der Waals surface area (Å²) in [5, 5.41) is 7.66. The van der Waals surface area contributed by atoms with E-state index in [9.17, 15) is 13.2 Å². The summed E-state index contributed by atoms with van der Waals surface area (Å²) in [7, 11) is -0.901. The SMILES string of the molecule is COc1cccc(OC)c1-n1c(NS(=O)(=O)C2CCC3CCCC(=O)N3C2)nnc1-c1ccc(C)o1.